The van der Waals surface area contributed by atoms with Gasteiger partial charge in [-0.3, -0.25) is 9.89 Å². The Labute approximate surface area is 151 Å². The first-order valence-corrected chi connectivity index (χ1v) is 8.37. The molecule has 6 heteroatoms. The second kappa shape index (κ2) is 7.65. The van der Waals surface area contributed by atoms with Gasteiger partial charge in [-0.1, -0.05) is 37.3 Å². The first-order chi connectivity index (χ1) is 12.6. The predicted molar refractivity (Wildman–Crippen MR) is 104 cm³/mol. The van der Waals surface area contributed by atoms with E-state index in [9.17, 15) is 9.90 Å². The maximum absolute atomic E-state index is 12.8. The number of nitrogens with one attached hydrogen (secondary N) is 1. The molecule has 1 aromatic heterocycles. The number of H-pyrrole nitrogens is 1. The number of rotatable bonds is 5. The Morgan fingerprint density at radius 1 is 1.15 bits per heavy atom. The van der Waals surface area contributed by atoms with Gasteiger partial charge in [0, 0.05) is 11.3 Å². The molecule has 0 aliphatic rings. The van der Waals surface area contributed by atoms with E-state index in [1.807, 2.05) is 44.2 Å². The first kappa shape index (κ1) is 17.4. The number of nitrogens with zero attached hydrogens (tertiary/aromatic N) is 3. The number of hydrogen-bond acceptors (Lipinski definition) is 4. The molecule has 0 fully saturated rings. The van der Waals surface area contributed by atoms with Gasteiger partial charge in [0.05, 0.1) is 23.2 Å². The molecule has 0 saturated heterocycles. The fraction of sp³-hybridized carbons (Fsp3) is 0.150. The van der Waals surface area contributed by atoms with Crippen LogP contribution in [0.3, 0.4) is 0 Å². The molecular formula is C20H20N4O2. The van der Waals surface area contributed by atoms with Crippen molar-refractivity contribution in [2.45, 2.75) is 20.3 Å². The number of aromatic nitrogens is 2. The summed E-state index contributed by atoms with van der Waals surface area (Å²) in [7, 11) is 0. The molecule has 3 rings (SSSR count). The monoisotopic (exact) mass is 348 g/mol. The van der Waals surface area contributed by atoms with E-state index >= 15 is 0 Å². The summed E-state index contributed by atoms with van der Waals surface area (Å²) in [6.45, 7) is 3.77. The van der Waals surface area contributed by atoms with Gasteiger partial charge in [0.2, 0.25) is 0 Å². The van der Waals surface area contributed by atoms with Crippen molar-refractivity contribution in [1.82, 2.24) is 9.78 Å². The number of phenols is 1. The van der Waals surface area contributed by atoms with E-state index in [4.69, 9.17) is 0 Å². The van der Waals surface area contributed by atoms with Crippen molar-refractivity contribution in [2.75, 3.05) is 0 Å². The fourth-order valence-electron chi connectivity index (χ4n) is 2.70. The molecule has 0 aliphatic heterocycles. The number of aryl methyl sites for hydroxylation is 1. The Bertz CT molecular complexity index is 1010. The summed E-state index contributed by atoms with van der Waals surface area (Å²) in [5.74, 6) is 0.133. The first-order valence-electron chi connectivity index (χ1n) is 8.37. The van der Waals surface area contributed by atoms with Gasteiger partial charge in [-0.25, -0.2) is 4.68 Å². The summed E-state index contributed by atoms with van der Waals surface area (Å²) < 4.78 is 1.50. The van der Waals surface area contributed by atoms with E-state index in [0.717, 1.165) is 11.4 Å². The van der Waals surface area contributed by atoms with Gasteiger partial charge in [-0.05, 0) is 37.6 Å². The minimum Gasteiger partial charge on any atom is -0.507 e. The zero-order chi connectivity index (χ0) is 18.5. The Kier molecular flexibility index (Phi) is 5.12. The molecule has 0 atom stereocenters. The molecule has 0 bridgehead atoms. The highest BCUT2D eigenvalue weighted by Crippen LogP contribution is 2.13. The van der Waals surface area contributed by atoms with E-state index in [2.05, 4.69) is 15.3 Å². The molecule has 0 aliphatic carbocycles. The molecule has 0 saturated carbocycles. The van der Waals surface area contributed by atoms with Crippen LogP contribution in [0.4, 0.5) is 0 Å². The molecule has 132 valence electrons. The van der Waals surface area contributed by atoms with Gasteiger partial charge in [-0.15, -0.1) is 0 Å². The maximum Gasteiger partial charge on any atom is 0.280 e. The second-order valence-corrected chi connectivity index (χ2v) is 5.79. The standard InChI is InChI=1S/C20H20N4O2/c1-3-17(22-21-13-15-9-7-8-12-18(15)25)19-14(2)23-24(20(19)26)16-10-5-4-6-11-16/h4-13,23,25H,3H2,1-2H3/b21-13+,22-17-. The van der Waals surface area contributed by atoms with Gasteiger partial charge in [0.15, 0.2) is 0 Å². The van der Waals surface area contributed by atoms with Crippen molar-refractivity contribution in [3.63, 3.8) is 0 Å². The van der Waals surface area contributed by atoms with E-state index in [1.54, 1.807) is 24.3 Å². The molecule has 26 heavy (non-hydrogen) atoms. The molecule has 3 aromatic rings. The van der Waals surface area contributed by atoms with Crippen LogP contribution in [0.25, 0.3) is 5.69 Å². The largest absolute Gasteiger partial charge is 0.507 e. The molecule has 2 aromatic carbocycles. The van der Waals surface area contributed by atoms with Crippen molar-refractivity contribution >= 4 is 11.9 Å². The molecule has 2 N–H and O–H groups in total. The van der Waals surface area contributed by atoms with E-state index < -0.39 is 0 Å². The number of phenolic OH excluding ortho intramolecular Hbond substituents is 1. The van der Waals surface area contributed by atoms with Crippen LogP contribution < -0.4 is 5.56 Å². The van der Waals surface area contributed by atoms with Crippen LogP contribution in [-0.4, -0.2) is 26.8 Å². The number of aromatic hydroxyl groups is 1. The van der Waals surface area contributed by atoms with Gasteiger partial charge >= 0.3 is 0 Å². The SMILES string of the molecule is CC/C(=N/N=C/c1ccccc1O)c1c(C)[nH]n(-c2ccccc2)c1=O. The van der Waals surface area contributed by atoms with Crippen LogP contribution in [0.5, 0.6) is 5.75 Å². The molecule has 0 radical (unpaired) electrons. The van der Waals surface area contributed by atoms with Crippen LogP contribution >= 0.6 is 0 Å². The van der Waals surface area contributed by atoms with Crippen LogP contribution in [0.15, 0.2) is 69.6 Å². The molecule has 6 nitrogen and oxygen atoms in total. The van der Waals surface area contributed by atoms with E-state index in [-0.39, 0.29) is 11.3 Å². The predicted octanol–water partition coefficient (Wildman–Crippen LogP) is 3.41. The van der Waals surface area contributed by atoms with Gasteiger partial charge in [0.1, 0.15) is 5.75 Å². The summed E-state index contributed by atoms with van der Waals surface area (Å²) in [5.41, 5.74) is 3.01. The van der Waals surface area contributed by atoms with Gasteiger partial charge in [0.25, 0.3) is 5.56 Å². The molecule has 0 spiro atoms. The number of para-hydroxylation sites is 2. The summed E-state index contributed by atoms with van der Waals surface area (Å²) >= 11 is 0. The maximum atomic E-state index is 12.8. The summed E-state index contributed by atoms with van der Waals surface area (Å²) in [6.07, 6.45) is 2.03. The van der Waals surface area contributed by atoms with Crippen molar-refractivity contribution in [1.29, 1.82) is 0 Å². The minimum atomic E-state index is -0.160. The van der Waals surface area contributed by atoms with E-state index in [1.165, 1.54) is 10.9 Å². The lowest BCUT2D eigenvalue weighted by atomic mass is 10.1. The van der Waals surface area contributed by atoms with Crippen molar-refractivity contribution in [3.05, 3.63) is 81.8 Å². The molecule has 0 unspecified atom stereocenters. The highest BCUT2D eigenvalue weighted by atomic mass is 16.3. The van der Waals surface area contributed by atoms with Crippen molar-refractivity contribution < 1.29 is 5.11 Å². The number of benzene rings is 2. The third kappa shape index (κ3) is 3.49. The highest BCUT2D eigenvalue weighted by Gasteiger charge is 2.16. The van der Waals surface area contributed by atoms with Crippen LogP contribution in [-0.2, 0) is 0 Å². The zero-order valence-electron chi connectivity index (χ0n) is 14.7. The Morgan fingerprint density at radius 3 is 2.54 bits per heavy atom. The summed E-state index contributed by atoms with van der Waals surface area (Å²) in [6, 6.07) is 16.2. The average molecular weight is 348 g/mol. The van der Waals surface area contributed by atoms with E-state index in [0.29, 0.717) is 23.3 Å². The average Bonchev–Trinajstić information content (AvgIpc) is 2.96. The molecular weight excluding hydrogens is 328 g/mol. The highest BCUT2D eigenvalue weighted by molar-refractivity contribution is 6.01. The van der Waals surface area contributed by atoms with Crippen LogP contribution in [0, 0.1) is 6.92 Å². The minimum absolute atomic E-state index is 0.133. The Balaban J connectivity index is 1.97. The van der Waals surface area contributed by atoms with Crippen molar-refractivity contribution in [2.24, 2.45) is 10.2 Å². The molecule has 0 amide bonds. The summed E-state index contributed by atoms with van der Waals surface area (Å²) in [4.78, 5) is 12.8. The summed E-state index contributed by atoms with van der Waals surface area (Å²) in [5, 5.41) is 21.1. The Morgan fingerprint density at radius 2 is 1.85 bits per heavy atom. The zero-order valence-corrected chi connectivity index (χ0v) is 14.7. The third-order valence-electron chi connectivity index (χ3n) is 4.02. The lowest BCUT2D eigenvalue weighted by Gasteiger charge is -2.00. The topological polar surface area (TPSA) is 82.7 Å². The smallest absolute Gasteiger partial charge is 0.280 e. The van der Waals surface area contributed by atoms with Gasteiger partial charge in [-0.2, -0.15) is 10.2 Å². The quantitative estimate of drug-likeness (QED) is 0.547. The van der Waals surface area contributed by atoms with Crippen LogP contribution in [0.1, 0.15) is 30.2 Å². The number of hydrogen-bond donors (Lipinski definition) is 2. The van der Waals surface area contributed by atoms with Crippen molar-refractivity contribution in [3.8, 4) is 11.4 Å². The second-order valence-electron chi connectivity index (χ2n) is 5.79. The van der Waals surface area contributed by atoms with Gasteiger partial charge < -0.3 is 5.11 Å². The lowest BCUT2D eigenvalue weighted by molar-refractivity contribution is 0.474. The van der Waals surface area contributed by atoms with Crippen LogP contribution in [0.2, 0.25) is 0 Å². The normalized spacial score (nSPS) is 12.0. The lowest BCUT2D eigenvalue weighted by Crippen LogP contribution is -2.20. The number of aromatic amines is 1. The molecule has 1 heterocycles. The third-order valence-corrected chi connectivity index (χ3v) is 4.02. The Hall–Kier alpha value is -3.41. The fourth-order valence-corrected chi connectivity index (χ4v) is 2.70.